The van der Waals surface area contributed by atoms with Gasteiger partial charge in [0.2, 0.25) is 5.91 Å². The standard InChI is InChI=1S/C21H31N5O3/c22-19(27)18-4-1-7-23-20(18)24-9-5-17(6-10-24)26-8-2-3-16(15-26)21(28)25-11-13-29-14-12-25/h1,4,7,16-17H,2-3,5-6,8-15H2,(H2,22,27)/t16-/m0/s1. The number of ether oxygens (including phenoxy) is 1. The Balaban J connectivity index is 1.34. The summed E-state index contributed by atoms with van der Waals surface area (Å²) in [6, 6.07) is 3.96. The molecule has 0 spiro atoms. The lowest BCUT2D eigenvalue weighted by atomic mass is 9.92. The van der Waals surface area contributed by atoms with Crippen LogP contribution in [-0.2, 0) is 9.53 Å². The van der Waals surface area contributed by atoms with Gasteiger partial charge in [0.05, 0.1) is 24.7 Å². The Morgan fingerprint density at radius 2 is 1.83 bits per heavy atom. The first-order valence-corrected chi connectivity index (χ1v) is 10.7. The summed E-state index contributed by atoms with van der Waals surface area (Å²) in [7, 11) is 0. The van der Waals surface area contributed by atoms with E-state index in [2.05, 4.69) is 14.8 Å². The van der Waals surface area contributed by atoms with Crippen LogP contribution in [0.1, 0.15) is 36.0 Å². The minimum atomic E-state index is -0.435. The van der Waals surface area contributed by atoms with Gasteiger partial charge in [-0.25, -0.2) is 4.98 Å². The van der Waals surface area contributed by atoms with Crippen LogP contribution in [0.5, 0.6) is 0 Å². The van der Waals surface area contributed by atoms with Crippen LogP contribution >= 0.6 is 0 Å². The van der Waals surface area contributed by atoms with E-state index in [0.717, 1.165) is 65.0 Å². The van der Waals surface area contributed by atoms with Gasteiger partial charge in [-0.15, -0.1) is 0 Å². The van der Waals surface area contributed by atoms with Crippen molar-refractivity contribution in [2.75, 3.05) is 57.4 Å². The van der Waals surface area contributed by atoms with Crippen LogP contribution in [0.15, 0.2) is 18.3 Å². The Kier molecular flexibility index (Phi) is 6.30. The van der Waals surface area contributed by atoms with Crippen molar-refractivity contribution in [2.24, 2.45) is 11.7 Å². The number of hydrogen-bond donors (Lipinski definition) is 1. The number of likely N-dealkylation sites (tertiary alicyclic amines) is 1. The van der Waals surface area contributed by atoms with Crippen LogP contribution in [0.25, 0.3) is 0 Å². The summed E-state index contributed by atoms with van der Waals surface area (Å²) in [5.74, 6) is 0.667. The average molecular weight is 402 g/mol. The second-order valence-corrected chi connectivity index (χ2v) is 8.23. The largest absolute Gasteiger partial charge is 0.378 e. The Hall–Kier alpha value is -2.19. The third-order valence-electron chi connectivity index (χ3n) is 6.46. The number of amides is 2. The van der Waals surface area contributed by atoms with Crippen molar-refractivity contribution < 1.29 is 14.3 Å². The Labute approximate surface area is 172 Å². The third-order valence-corrected chi connectivity index (χ3v) is 6.46. The quantitative estimate of drug-likeness (QED) is 0.799. The molecule has 0 bridgehead atoms. The van der Waals surface area contributed by atoms with E-state index < -0.39 is 5.91 Å². The average Bonchev–Trinajstić information content (AvgIpc) is 2.79. The van der Waals surface area contributed by atoms with Crippen molar-refractivity contribution in [3.8, 4) is 0 Å². The van der Waals surface area contributed by atoms with E-state index in [1.54, 1.807) is 18.3 Å². The van der Waals surface area contributed by atoms with Crippen molar-refractivity contribution in [1.82, 2.24) is 14.8 Å². The second-order valence-electron chi connectivity index (χ2n) is 8.23. The number of morpholine rings is 1. The molecule has 1 aromatic heterocycles. The molecule has 3 saturated heterocycles. The number of hydrogen-bond acceptors (Lipinski definition) is 6. The minimum absolute atomic E-state index is 0.108. The maximum absolute atomic E-state index is 12.9. The predicted molar refractivity (Wildman–Crippen MR) is 110 cm³/mol. The first-order chi connectivity index (χ1) is 14.1. The zero-order valence-corrected chi connectivity index (χ0v) is 17.0. The zero-order chi connectivity index (χ0) is 20.2. The zero-order valence-electron chi connectivity index (χ0n) is 17.0. The molecular formula is C21H31N5O3. The fourth-order valence-corrected chi connectivity index (χ4v) is 4.87. The monoisotopic (exact) mass is 401 g/mol. The number of nitrogens with two attached hydrogens (primary N) is 1. The van der Waals surface area contributed by atoms with Crippen molar-refractivity contribution in [2.45, 2.75) is 31.7 Å². The van der Waals surface area contributed by atoms with Gasteiger partial charge in [0.25, 0.3) is 5.91 Å². The number of primary amides is 1. The lowest BCUT2D eigenvalue weighted by Gasteiger charge is -2.43. The van der Waals surface area contributed by atoms with Gasteiger partial charge >= 0.3 is 0 Å². The lowest BCUT2D eigenvalue weighted by molar-refractivity contribution is -0.141. The van der Waals surface area contributed by atoms with Crippen LogP contribution in [-0.4, -0.2) is 85.1 Å². The molecule has 0 unspecified atom stereocenters. The SMILES string of the molecule is NC(=O)c1cccnc1N1CCC(N2CCC[C@H](C(=O)N3CCOCC3)C2)CC1. The highest BCUT2D eigenvalue weighted by Gasteiger charge is 2.34. The molecule has 0 aromatic carbocycles. The molecule has 0 aliphatic carbocycles. The second kappa shape index (κ2) is 9.09. The fourth-order valence-electron chi connectivity index (χ4n) is 4.87. The number of anilines is 1. The summed E-state index contributed by atoms with van der Waals surface area (Å²) >= 11 is 0. The van der Waals surface area contributed by atoms with Crippen molar-refractivity contribution in [3.63, 3.8) is 0 Å². The van der Waals surface area contributed by atoms with Gasteiger partial charge in [0.1, 0.15) is 5.82 Å². The van der Waals surface area contributed by atoms with Crippen LogP contribution < -0.4 is 10.6 Å². The normalized spacial score (nSPS) is 24.5. The molecule has 1 aromatic rings. The Bertz CT molecular complexity index is 729. The molecule has 8 heteroatoms. The van der Waals surface area contributed by atoms with Gasteiger partial charge in [-0.1, -0.05) is 0 Å². The van der Waals surface area contributed by atoms with E-state index in [9.17, 15) is 9.59 Å². The Morgan fingerprint density at radius 3 is 2.55 bits per heavy atom. The number of rotatable bonds is 4. The van der Waals surface area contributed by atoms with Crippen molar-refractivity contribution in [3.05, 3.63) is 23.9 Å². The molecule has 4 rings (SSSR count). The van der Waals surface area contributed by atoms with Gasteiger partial charge in [-0.3, -0.25) is 14.5 Å². The molecule has 29 heavy (non-hydrogen) atoms. The molecule has 4 heterocycles. The number of piperidine rings is 2. The molecule has 2 N–H and O–H groups in total. The van der Waals surface area contributed by atoms with Gasteiger partial charge in [0.15, 0.2) is 0 Å². The lowest BCUT2D eigenvalue weighted by Crippen LogP contribution is -2.52. The molecule has 2 amide bonds. The van der Waals surface area contributed by atoms with E-state index in [4.69, 9.17) is 10.5 Å². The summed E-state index contributed by atoms with van der Waals surface area (Å²) in [6.45, 7) is 6.37. The molecular weight excluding hydrogens is 370 g/mol. The third kappa shape index (κ3) is 4.53. The highest BCUT2D eigenvalue weighted by Crippen LogP contribution is 2.28. The molecule has 1 atom stereocenters. The van der Waals surface area contributed by atoms with Crippen LogP contribution in [0.2, 0.25) is 0 Å². The molecule has 3 fully saturated rings. The van der Waals surface area contributed by atoms with Crippen LogP contribution in [0, 0.1) is 5.92 Å². The molecule has 3 aliphatic heterocycles. The number of carbonyl (C=O) groups excluding carboxylic acids is 2. The van der Waals surface area contributed by atoms with E-state index in [0.29, 0.717) is 36.5 Å². The van der Waals surface area contributed by atoms with Gasteiger partial charge in [-0.2, -0.15) is 0 Å². The summed E-state index contributed by atoms with van der Waals surface area (Å²) in [4.78, 5) is 35.7. The molecule has 0 radical (unpaired) electrons. The molecule has 8 nitrogen and oxygen atoms in total. The summed E-state index contributed by atoms with van der Waals surface area (Å²) in [5, 5.41) is 0. The van der Waals surface area contributed by atoms with E-state index >= 15 is 0 Å². The highest BCUT2D eigenvalue weighted by atomic mass is 16.5. The van der Waals surface area contributed by atoms with Gasteiger partial charge < -0.3 is 20.3 Å². The summed E-state index contributed by atoms with van der Waals surface area (Å²) < 4.78 is 5.38. The van der Waals surface area contributed by atoms with Crippen LogP contribution in [0.3, 0.4) is 0 Å². The van der Waals surface area contributed by atoms with E-state index in [1.807, 2.05) is 4.90 Å². The Morgan fingerprint density at radius 1 is 1.07 bits per heavy atom. The first-order valence-electron chi connectivity index (χ1n) is 10.7. The molecule has 158 valence electrons. The minimum Gasteiger partial charge on any atom is -0.378 e. The fraction of sp³-hybridized carbons (Fsp3) is 0.667. The van der Waals surface area contributed by atoms with E-state index in [-0.39, 0.29) is 5.92 Å². The van der Waals surface area contributed by atoms with Gasteiger partial charge in [-0.05, 0) is 44.4 Å². The van der Waals surface area contributed by atoms with Gasteiger partial charge in [0, 0.05) is 45.0 Å². The summed E-state index contributed by atoms with van der Waals surface area (Å²) in [6.07, 6.45) is 5.79. The molecule has 0 saturated carbocycles. The number of nitrogens with zero attached hydrogens (tertiary/aromatic N) is 4. The predicted octanol–water partition coefficient (Wildman–Crippen LogP) is 0.720. The first kappa shape index (κ1) is 20.1. The number of pyridine rings is 1. The number of aromatic nitrogens is 1. The topological polar surface area (TPSA) is 92.0 Å². The van der Waals surface area contributed by atoms with Crippen LogP contribution in [0.4, 0.5) is 5.82 Å². The maximum atomic E-state index is 12.9. The van der Waals surface area contributed by atoms with E-state index in [1.165, 1.54) is 0 Å². The molecule has 3 aliphatic rings. The smallest absolute Gasteiger partial charge is 0.252 e. The number of carbonyl (C=O) groups is 2. The summed E-state index contributed by atoms with van der Waals surface area (Å²) in [5.41, 5.74) is 6.00. The van der Waals surface area contributed by atoms with Crippen molar-refractivity contribution >= 4 is 17.6 Å². The maximum Gasteiger partial charge on any atom is 0.252 e. The highest BCUT2D eigenvalue weighted by molar-refractivity contribution is 5.97. The van der Waals surface area contributed by atoms with Crippen molar-refractivity contribution in [1.29, 1.82) is 0 Å².